The third kappa shape index (κ3) is 1.91. The van der Waals surface area contributed by atoms with E-state index in [0.717, 1.165) is 25.6 Å². The van der Waals surface area contributed by atoms with Crippen LogP contribution in [0.3, 0.4) is 0 Å². The molecule has 4 aliphatic heterocycles. The first-order chi connectivity index (χ1) is 9.22. The molecule has 0 radical (unpaired) electrons. The van der Waals surface area contributed by atoms with Gasteiger partial charge in [0.15, 0.2) is 0 Å². The fourth-order valence-electron chi connectivity index (χ4n) is 5.10. The molecule has 4 fully saturated rings. The Hall–Kier alpha value is -0.610. The summed E-state index contributed by atoms with van der Waals surface area (Å²) in [5, 5.41) is 9.89. The highest BCUT2D eigenvalue weighted by atomic mass is 16.3. The lowest BCUT2D eigenvalue weighted by atomic mass is 9.70. The zero-order valence-electron chi connectivity index (χ0n) is 11.5. The highest BCUT2D eigenvalue weighted by Gasteiger charge is 2.49. The summed E-state index contributed by atoms with van der Waals surface area (Å²) in [6.45, 7) is 3.36. The fraction of sp³-hybridized carbons (Fsp3) is 0.933. The van der Waals surface area contributed by atoms with E-state index >= 15 is 0 Å². The van der Waals surface area contributed by atoms with Crippen LogP contribution in [-0.2, 0) is 4.79 Å². The molecule has 0 aromatic carbocycles. The van der Waals surface area contributed by atoms with Gasteiger partial charge < -0.3 is 10.0 Å². The Bertz CT molecular complexity index is 386. The fourth-order valence-corrected chi connectivity index (χ4v) is 5.10. The van der Waals surface area contributed by atoms with E-state index in [0.29, 0.717) is 24.3 Å². The van der Waals surface area contributed by atoms with Crippen molar-refractivity contribution in [3.63, 3.8) is 0 Å². The molecule has 0 aliphatic carbocycles. The quantitative estimate of drug-likeness (QED) is 0.705. The maximum Gasteiger partial charge on any atom is 0.225 e. The van der Waals surface area contributed by atoms with Crippen LogP contribution in [0.2, 0.25) is 0 Å². The molecule has 1 amide bonds. The van der Waals surface area contributed by atoms with Crippen molar-refractivity contribution < 1.29 is 9.90 Å². The first-order valence-electron chi connectivity index (χ1n) is 7.94. The predicted octanol–water partition coefficient (Wildman–Crippen LogP) is 0.843. The number of carbonyl (C=O) groups is 1. The number of amides is 1. The van der Waals surface area contributed by atoms with Gasteiger partial charge in [-0.3, -0.25) is 9.69 Å². The van der Waals surface area contributed by atoms with Crippen LogP contribution in [0.25, 0.3) is 0 Å². The Morgan fingerprint density at radius 2 is 1.89 bits per heavy atom. The van der Waals surface area contributed by atoms with Crippen molar-refractivity contribution in [3.8, 4) is 0 Å². The minimum Gasteiger partial charge on any atom is -0.393 e. The number of nitrogens with zero attached hydrogens (tertiary/aromatic N) is 2. The molecule has 5 atom stereocenters. The predicted molar refractivity (Wildman–Crippen MR) is 71.6 cm³/mol. The lowest BCUT2D eigenvalue weighted by molar-refractivity contribution is -0.154. The molecule has 5 unspecified atom stereocenters. The summed E-state index contributed by atoms with van der Waals surface area (Å²) < 4.78 is 0. The lowest BCUT2D eigenvalue weighted by Crippen LogP contribution is -2.65. The zero-order valence-corrected chi connectivity index (χ0v) is 11.5. The minimum atomic E-state index is -0.399. The average Bonchev–Trinajstić information content (AvgIpc) is 2.40. The van der Waals surface area contributed by atoms with Gasteiger partial charge in [0.2, 0.25) is 5.91 Å². The van der Waals surface area contributed by atoms with Gasteiger partial charge >= 0.3 is 0 Å². The second-order valence-corrected chi connectivity index (χ2v) is 7.02. The molecule has 4 saturated heterocycles. The van der Waals surface area contributed by atoms with Gasteiger partial charge in [-0.05, 0) is 44.1 Å². The van der Waals surface area contributed by atoms with E-state index < -0.39 is 6.10 Å². The number of fused-ring (bicyclic) bond motifs is 6. The molecular weight excluding hydrogens is 240 g/mol. The highest BCUT2D eigenvalue weighted by Crippen LogP contribution is 2.42. The molecule has 4 aliphatic rings. The molecule has 0 aromatic rings. The maximum atomic E-state index is 12.2. The van der Waals surface area contributed by atoms with Crippen LogP contribution >= 0.6 is 0 Å². The molecule has 4 heteroatoms. The van der Waals surface area contributed by atoms with Crippen LogP contribution in [0.4, 0.5) is 0 Å². The van der Waals surface area contributed by atoms with Gasteiger partial charge in [0.05, 0.1) is 12.5 Å². The van der Waals surface area contributed by atoms with E-state index in [1.54, 1.807) is 0 Å². The van der Waals surface area contributed by atoms with Crippen molar-refractivity contribution in [2.45, 2.75) is 56.7 Å². The molecule has 0 aromatic heterocycles. The summed E-state index contributed by atoms with van der Waals surface area (Å²) in [6.07, 6.45) is 6.06. The van der Waals surface area contributed by atoms with Crippen molar-refractivity contribution in [2.75, 3.05) is 19.6 Å². The third-order valence-electron chi connectivity index (χ3n) is 5.90. The number of aliphatic hydroxyl groups excluding tert-OH is 1. The van der Waals surface area contributed by atoms with E-state index in [1.807, 2.05) is 0 Å². The van der Waals surface area contributed by atoms with Crippen molar-refractivity contribution in [1.82, 2.24) is 9.80 Å². The Balaban J connectivity index is 1.59. The maximum absolute atomic E-state index is 12.2. The molecule has 4 rings (SSSR count). The Labute approximate surface area is 114 Å². The topological polar surface area (TPSA) is 43.8 Å². The second-order valence-electron chi connectivity index (χ2n) is 7.02. The standard InChI is InChI=1S/C15H24N2O2/c18-12-6-14-10-5-11(9-17(14)15(19)7-12)13-3-1-2-4-16(13)8-10/h10-14,18H,1-9H2. The van der Waals surface area contributed by atoms with Gasteiger partial charge in [-0.2, -0.15) is 0 Å². The molecule has 1 N–H and O–H groups in total. The normalized spacial score (nSPS) is 46.7. The van der Waals surface area contributed by atoms with Gasteiger partial charge in [-0.15, -0.1) is 0 Å². The highest BCUT2D eigenvalue weighted by molar-refractivity contribution is 5.78. The number of rotatable bonds is 0. The summed E-state index contributed by atoms with van der Waals surface area (Å²) in [5.74, 6) is 1.49. The lowest BCUT2D eigenvalue weighted by Gasteiger charge is -2.57. The molecule has 106 valence electrons. The van der Waals surface area contributed by atoms with Gasteiger partial charge in [-0.1, -0.05) is 6.42 Å². The minimum absolute atomic E-state index is 0.197. The summed E-state index contributed by atoms with van der Waals surface area (Å²) in [7, 11) is 0. The Morgan fingerprint density at radius 1 is 1.05 bits per heavy atom. The van der Waals surface area contributed by atoms with Gasteiger partial charge in [0, 0.05) is 25.2 Å². The van der Waals surface area contributed by atoms with Crippen molar-refractivity contribution in [3.05, 3.63) is 0 Å². The van der Waals surface area contributed by atoms with Crippen molar-refractivity contribution in [1.29, 1.82) is 0 Å². The summed E-state index contributed by atoms with van der Waals surface area (Å²) >= 11 is 0. The molecule has 4 nitrogen and oxygen atoms in total. The van der Waals surface area contributed by atoms with E-state index in [4.69, 9.17) is 0 Å². The molecule has 2 bridgehead atoms. The SMILES string of the molecule is O=C1CC(O)CC2C3CC(CN12)C1CCCCN1C3. The second kappa shape index (κ2) is 4.45. The monoisotopic (exact) mass is 264 g/mol. The van der Waals surface area contributed by atoms with Crippen molar-refractivity contribution in [2.24, 2.45) is 11.8 Å². The van der Waals surface area contributed by atoms with Crippen LogP contribution in [-0.4, -0.2) is 58.6 Å². The molecule has 0 saturated carbocycles. The average molecular weight is 264 g/mol. The van der Waals surface area contributed by atoms with E-state index in [9.17, 15) is 9.90 Å². The Morgan fingerprint density at radius 3 is 2.79 bits per heavy atom. The van der Waals surface area contributed by atoms with Gasteiger partial charge in [0.25, 0.3) is 0 Å². The van der Waals surface area contributed by atoms with E-state index in [-0.39, 0.29) is 5.91 Å². The van der Waals surface area contributed by atoms with E-state index in [2.05, 4.69) is 9.80 Å². The third-order valence-corrected chi connectivity index (χ3v) is 5.90. The van der Waals surface area contributed by atoms with E-state index in [1.165, 1.54) is 32.2 Å². The first kappa shape index (κ1) is 12.2. The smallest absolute Gasteiger partial charge is 0.225 e. The first-order valence-corrected chi connectivity index (χ1v) is 7.94. The number of hydrogen-bond acceptors (Lipinski definition) is 3. The van der Waals surface area contributed by atoms with Crippen LogP contribution in [0.5, 0.6) is 0 Å². The van der Waals surface area contributed by atoms with Crippen molar-refractivity contribution >= 4 is 5.91 Å². The summed E-state index contributed by atoms with van der Waals surface area (Å²) in [4.78, 5) is 17.0. The molecular formula is C15H24N2O2. The molecule has 4 heterocycles. The molecule has 0 spiro atoms. The van der Waals surface area contributed by atoms with Crippen LogP contribution < -0.4 is 0 Å². The summed E-state index contributed by atoms with van der Waals surface area (Å²) in [6, 6.07) is 1.04. The number of piperidine rings is 4. The largest absolute Gasteiger partial charge is 0.393 e. The molecule has 19 heavy (non-hydrogen) atoms. The van der Waals surface area contributed by atoms with Gasteiger partial charge in [0.1, 0.15) is 0 Å². The van der Waals surface area contributed by atoms with Crippen LogP contribution in [0.1, 0.15) is 38.5 Å². The Kier molecular flexibility index (Phi) is 2.85. The number of hydrogen-bond donors (Lipinski definition) is 1. The van der Waals surface area contributed by atoms with Gasteiger partial charge in [-0.25, -0.2) is 0 Å². The summed E-state index contributed by atoms with van der Waals surface area (Å²) in [5.41, 5.74) is 0. The number of aliphatic hydroxyl groups is 1. The number of carbonyl (C=O) groups excluding carboxylic acids is 1. The van der Waals surface area contributed by atoms with Crippen LogP contribution in [0.15, 0.2) is 0 Å². The van der Waals surface area contributed by atoms with Crippen LogP contribution in [0, 0.1) is 11.8 Å². The zero-order chi connectivity index (χ0) is 13.0.